The Kier molecular flexibility index (Phi) is 54.8. The molecule has 0 fully saturated rings. The number of rotatable bonds is 54. The maximum absolute atomic E-state index is 12.9. The lowest BCUT2D eigenvalue weighted by molar-refractivity contribution is -0.167. The topological polar surface area (TPSA) is 78.9 Å². The molecule has 0 aliphatic heterocycles. The van der Waals surface area contributed by atoms with Gasteiger partial charge in [-0.1, -0.05) is 268 Å². The van der Waals surface area contributed by atoms with E-state index < -0.39 is 6.10 Å². The second-order valence-corrected chi connectivity index (χ2v) is 20.0. The van der Waals surface area contributed by atoms with E-state index in [9.17, 15) is 14.4 Å². The van der Waals surface area contributed by atoms with Crippen LogP contribution in [0.25, 0.3) is 0 Å². The van der Waals surface area contributed by atoms with Crippen LogP contribution in [0.4, 0.5) is 0 Å². The summed E-state index contributed by atoms with van der Waals surface area (Å²) in [6.07, 6.45) is 69.5. The van der Waals surface area contributed by atoms with Crippen molar-refractivity contribution < 1.29 is 28.6 Å². The molecule has 1 atom stereocenters. The molecule has 0 radical (unpaired) electrons. The third-order valence-electron chi connectivity index (χ3n) is 13.1. The van der Waals surface area contributed by atoms with Crippen LogP contribution < -0.4 is 0 Å². The van der Waals surface area contributed by atoms with E-state index in [0.717, 1.165) is 96.3 Å². The number of allylic oxidation sites excluding steroid dienone is 8. The van der Waals surface area contributed by atoms with E-state index in [1.54, 1.807) is 0 Å². The molecule has 0 aliphatic rings. The fourth-order valence-corrected chi connectivity index (χ4v) is 8.60. The van der Waals surface area contributed by atoms with Gasteiger partial charge in [-0.3, -0.25) is 14.4 Å². The van der Waals surface area contributed by atoms with Crippen molar-refractivity contribution in [3.05, 3.63) is 48.6 Å². The van der Waals surface area contributed by atoms with E-state index in [2.05, 4.69) is 69.4 Å². The third kappa shape index (κ3) is 54.3. The fourth-order valence-electron chi connectivity index (χ4n) is 8.60. The summed E-state index contributed by atoms with van der Waals surface area (Å²) < 4.78 is 16.9. The summed E-state index contributed by atoms with van der Waals surface area (Å²) in [4.78, 5) is 38.2. The van der Waals surface area contributed by atoms with E-state index >= 15 is 0 Å². The van der Waals surface area contributed by atoms with Crippen LogP contribution in [0.15, 0.2) is 48.6 Å². The lowest BCUT2D eigenvalue weighted by Crippen LogP contribution is -2.30. The van der Waals surface area contributed by atoms with Gasteiger partial charge < -0.3 is 14.2 Å². The Morgan fingerprint density at radius 2 is 0.515 bits per heavy atom. The summed E-state index contributed by atoms with van der Waals surface area (Å²) in [5, 5.41) is 0. The first-order valence-corrected chi connectivity index (χ1v) is 29.7. The van der Waals surface area contributed by atoms with Gasteiger partial charge in [-0.15, -0.1) is 0 Å². The summed E-state index contributed by atoms with van der Waals surface area (Å²) in [7, 11) is 0. The minimum Gasteiger partial charge on any atom is -0.462 e. The number of hydrogen-bond donors (Lipinski definition) is 0. The normalized spacial score (nSPS) is 12.3. The predicted octanol–water partition coefficient (Wildman–Crippen LogP) is 19.8. The summed E-state index contributed by atoms with van der Waals surface area (Å²) in [6, 6.07) is 0. The molecule has 0 aromatic carbocycles. The molecule has 0 aliphatic carbocycles. The largest absolute Gasteiger partial charge is 0.462 e. The summed E-state index contributed by atoms with van der Waals surface area (Å²) in [5.41, 5.74) is 0. The number of carbonyl (C=O) groups is 3. The van der Waals surface area contributed by atoms with E-state index in [-0.39, 0.29) is 31.1 Å². The zero-order valence-electron chi connectivity index (χ0n) is 45.4. The highest BCUT2D eigenvalue weighted by molar-refractivity contribution is 5.71. The van der Waals surface area contributed by atoms with Gasteiger partial charge in [0.2, 0.25) is 0 Å². The zero-order valence-corrected chi connectivity index (χ0v) is 45.4. The lowest BCUT2D eigenvalue weighted by Gasteiger charge is -2.18. The monoisotopic (exact) mass is 953 g/mol. The SMILES string of the molecule is CCCCCCCCC/C=C\C=C/CCCCCCCC(=O)OCC(COC(=O)CCCCCCCCCCCCCCCC)OC(=O)CCCCCCC/C=C\C=C/CCCCCCCCC. The van der Waals surface area contributed by atoms with Crippen LogP contribution in [0.1, 0.15) is 310 Å². The van der Waals surface area contributed by atoms with Gasteiger partial charge in [-0.2, -0.15) is 0 Å². The van der Waals surface area contributed by atoms with Gasteiger partial charge in [0.05, 0.1) is 0 Å². The summed E-state index contributed by atoms with van der Waals surface area (Å²) in [6.45, 7) is 6.64. The maximum atomic E-state index is 12.9. The van der Waals surface area contributed by atoms with E-state index in [1.165, 1.54) is 173 Å². The first-order chi connectivity index (χ1) is 33.5. The first kappa shape index (κ1) is 65.4. The Bertz CT molecular complexity index is 1190. The third-order valence-corrected chi connectivity index (χ3v) is 13.1. The van der Waals surface area contributed by atoms with Crippen molar-refractivity contribution in [1.82, 2.24) is 0 Å². The molecule has 0 aromatic rings. The van der Waals surface area contributed by atoms with Gasteiger partial charge in [0.25, 0.3) is 0 Å². The summed E-state index contributed by atoms with van der Waals surface area (Å²) >= 11 is 0. The molecule has 0 saturated carbocycles. The molecule has 0 amide bonds. The molecule has 0 saturated heterocycles. The number of esters is 3. The average molecular weight is 954 g/mol. The first-order valence-electron chi connectivity index (χ1n) is 29.7. The highest BCUT2D eigenvalue weighted by Crippen LogP contribution is 2.16. The molecule has 0 bridgehead atoms. The van der Waals surface area contributed by atoms with Crippen LogP contribution in [0.5, 0.6) is 0 Å². The molecule has 1 unspecified atom stereocenters. The van der Waals surface area contributed by atoms with Crippen LogP contribution in [-0.2, 0) is 28.6 Å². The standard InChI is InChI=1S/C62H112O6/c1-4-7-10-13-16-19-22-25-28-30-32-34-37-40-43-46-49-52-55-61(64)67-58-59(57-66-60(63)54-51-48-45-42-39-36-27-24-21-18-15-12-9-6-3)68-62(65)56-53-50-47-44-41-38-35-33-31-29-26-23-20-17-14-11-8-5-2/h28-35,59H,4-27,36-58H2,1-3H3/b30-28-,31-29-,34-32-,35-33-. The van der Waals surface area contributed by atoms with E-state index in [4.69, 9.17) is 14.2 Å². The lowest BCUT2D eigenvalue weighted by atomic mass is 10.0. The van der Waals surface area contributed by atoms with Crippen molar-refractivity contribution in [2.24, 2.45) is 0 Å². The predicted molar refractivity (Wildman–Crippen MR) is 293 cm³/mol. The molecule has 0 rings (SSSR count). The van der Waals surface area contributed by atoms with Crippen molar-refractivity contribution >= 4 is 17.9 Å². The van der Waals surface area contributed by atoms with Crippen molar-refractivity contribution in [3.8, 4) is 0 Å². The fraction of sp³-hybridized carbons (Fsp3) is 0.823. The minimum atomic E-state index is -0.786. The molecule has 6 nitrogen and oxygen atoms in total. The second-order valence-electron chi connectivity index (χ2n) is 20.0. The van der Waals surface area contributed by atoms with Gasteiger partial charge in [-0.25, -0.2) is 0 Å². The van der Waals surface area contributed by atoms with E-state index in [0.29, 0.717) is 19.3 Å². The molecule has 396 valence electrons. The number of hydrogen-bond acceptors (Lipinski definition) is 6. The molecule has 6 heteroatoms. The van der Waals surface area contributed by atoms with Crippen molar-refractivity contribution in [3.63, 3.8) is 0 Å². The molecule has 0 spiro atoms. The minimum absolute atomic E-state index is 0.0816. The average Bonchev–Trinajstić information content (AvgIpc) is 3.34. The van der Waals surface area contributed by atoms with Crippen molar-refractivity contribution in [2.45, 2.75) is 316 Å². The van der Waals surface area contributed by atoms with Crippen LogP contribution in [-0.4, -0.2) is 37.2 Å². The smallest absolute Gasteiger partial charge is 0.306 e. The Morgan fingerprint density at radius 1 is 0.294 bits per heavy atom. The quantitative estimate of drug-likeness (QED) is 0.0262. The zero-order chi connectivity index (χ0) is 49.3. The Hall–Kier alpha value is -2.63. The van der Waals surface area contributed by atoms with Gasteiger partial charge in [-0.05, 0) is 70.6 Å². The Labute approximate surface area is 422 Å². The molecule has 0 heterocycles. The Morgan fingerprint density at radius 3 is 0.779 bits per heavy atom. The number of ether oxygens (including phenoxy) is 3. The molecular formula is C62H112O6. The molecule has 68 heavy (non-hydrogen) atoms. The highest BCUT2D eigenvalue weighted by Gasteiger charge is 2.19. The molecular weight excluding hydrogens is 841 g/mol. The Balaban J connectivity index is 4.41. The van der Waals surface area contributed by atoms with Gasteiger partial charge in [0.15, 0.2) is 6.10 Å². The second kappa shape index (κ2) is 57.0. The van der Waals surface area contributed by atoms with E-state index in [1.807, 2.05) is 0 Å². The van der Waals surface area contributed by atoms with Crippen LogP contribution in [0, 0.1) is 0 Å². The van der Waals surface area contributed by atoms with Crippen LogP contribution >= 0.6 is 0 Å². The number of carbonyl (C=O) groups excluding carboxylic acids is 3. The van der Waals surface area contributed by atoms with Gasteiger partial charge in [0, 0.05) is 19.3 Å². The van der Waals surface area contributed by atoms with Gasteiger partial charge >= 0.3 is 17.9 Å². The summed E-state index contributed by atoms with van der Waals surface area (Å²) in [5.74, 6) is -0.897. The molecule has 0 aromatic heterocycles. The van der Waals surface area contributed by atoms with Crippen molar-refractivity contribution in [1.29, 1.82) is 0 Å². The van der Waals surface area contributed by atoms with Crippen molar-refractivity contribution in [2.75, 3.05) is 13.2 Å². The molecule has 0 N–H and O–H groups in total. The van der Waals surface area contributed by atoms with Crippen LogP contribution in [0.2, 0.25) is 0 Å². The number of unbranched alkanes of at least 4 members (excludes halogenated alkanes) is 37. The maximum Gasteiger partial charge on any atom is 0.306 e. The van der Waals surface area contributed by atoms with Crippen LogP contribution in [0.3, 0.4) is 0 Å². The van der Waals surface area contributed by atoms with Gasteiger partial charge in [0.1, 0.15) is 13.2 Å². The highest BCUT2D eigenvalue weighted by atomic mass is 16.6.